The number of nitrogens with one attached hydrogen (secondary N) is 3. The van der Waals surface area contributed by atoms with Crippen molar-refractivity contribution in [3.63, 3.8) is 0 Å². The normalized spacial score (nSPS) is 13.6. The largest absolute Gasteiger partial charge is 0.457 e. The first-order valence-corrected chi connectivity index (χ1v) is 13.3. The summed E-state index contributed by atoms with van der Waals surface area (Å²) in [6.07, 6.45) is 2.65. The van der Waals surface area contributed by atoms with Gasteiger partial charge in [0.25, 0.3) is 0 Å². The van der Waals surface area contributed by atoms with Gasteiger partial charge in [0.15, 0.2) is 6.61 Å². The van der Waals surface area contributed by atoms with Crippen molar-refractivity contribution in [3.8, 4) is 0 Å². The van der Waals surface area contributed by atoms with Gasteiger partial charge in [-0.1, -0.05) is 80.1 Å². The van der Waals surface area contributed by atoms with Gasteiger partial charge in [0, 0.05) is 28.9 Å². The lowest BCUT2D eigenvalue weighted by Gasteiger charge is -2.34. The van der Waals surface area contributed by atoms with Crippen LogP contribution in [0.5, 0.6) is 0 Å². The summed E-state index contributed by atoms with van der Waals surface area (Å²) in [5.41, 5.74) is 2.40. The minimum absolute atomic E-state index is 0.0438. The molecular weight excluding hydrogens is 490 g/mol. The predicted octanol–water partition coefficient (Wildman–Crippen LogP) is 6.80. The highest BCUT2D eigenvalue weighted by atomic mass is 16.6. The molecule has 0 fully saturated rings. The van der Waals surface area contributed by atoms with Crippen LogP contribution in [-0.2, 0) is 22.6 Å². The van der Waals surface area contributed by atoms with E-state index in [1.54, 1.807) is 0 Å². The van der Waals surface area contributed by atoms with Crippen molar-refractivity contribution in [2.75, 3.05) is 0 Å². The number of para-hydroxylation sites is 2. The molecule has 0 aliphatic heterocycles. The average molecular weight is 524 g/mol. The molecule has 0 bridgehead atoms. The van der Waals surface area contributed by atoms with Crippen LogP contribution < -0.4 is 10.6 Å². The van der Waals surface area contributed by atoms with Gasteiger partial charge in [0.05, 0.1) is 6.04 Å². The highest BCUT2D eigenvalue weighted by Gasteiger charge is 2.41. The Balaban J connectivity index is 1.40. The molecular formula is C32H33N3O4. The standard InChI is InChI=1S/C32H33N3O4/c1-3-17-32(19-25-20-33-28-15-9-8-14-27(25)28,30(36)34-22(2)23-11-5-4-6-12-23)35-31(37)38-21-26-18-24-13-7-10-16-29(24)39-26/h4-16,18,20,22,33H,3,17,19,21H2,1-2H3,(H,34,36)(H,35,37)/t22-,32+/m0/s1. The van der Waals surface area contributed by atoms with Gasteiger partial charge < -0.3 is 24.8 Å². The molecule has 3 N–H and O–H groups in total. The number of carbonyl (C=O) groups excluding carboxylic acids is 2. The molecule has 7 nitrogen and oxygen atoms in total. The Kier molecular flexibility index (Phi) is 7.68. The second kappa shape index (κ2) is 11.5. The molecule has 2 aromatic heterocycles. The van der Waals surface area contributed by atoms with E-state index in [-0.39, 0.29) is 18.6 Å². The fourth-order valence-electron chi connectivity index (χ4n) is 5.11. The molecule has 5 rings (SSSR count). The van der Waals surface area contributed by atoms with Crippen LogP contribution in [0.25, 0.3) is 21.9 Å². The maximum absolute atomic E-state index is 14.0. The Morgan fingerprint density at radius 1 is 1.00 bits per heavy atom. The van der Waals surface area contributed by atoms with Gasteiger partial charge in [-0.25, -0.2) is 4.79 Å². The van der Waals surface area contributed by atoms with Gasteiger partial charge in [-0.3, -0.25) is 4.79 Å². The van der Waals surface area contributed by atoms with Gasteiger partial charge in [-0.2, -0.15) is 0 Å². The van der Waals surface area contributed by atoms with Gasteiger partial charge in [-0.05, 0) is 42.7 Å². The van der Waals surface area contributed by atoms with Crippen molar-refractivity contribution in [1.82, 2.24) is 15.6 Å². The molecule has 2 atom stereocenters. The third-order valence-corrected chi connectivity index (χ3v) is 7.09. The predicted molar refractivity (Wildman–Crippen MR) is 152 cm³/mol. The van der Waals surface area contributed by atoms with Crippen molar-refractivity contribution in [3.05, 3.63) is 108 Å². The van der Waals surface area contributed by atoms with E-state index in [4.69, 9.17) is 9.15 Å². The number of hydrogen-bond acceptors (Lipinski definition) is 4. The zero-order valence-corrected chi connectivity index (χ0v) is 22.2. The summed E-state index contributed by atoms with van der Waals surface area (Å²) in [7, 11) is 0. The third-order valence-electron chi connectivity index (χ3n) is 7.09. The van der Waals surface area contributed by atoms with E-state index in [1.165, 1.54) is 0 Å². The number of furan rings is 1. The zero-order valence-electron chi connectivity index (χ0n) is 22.2. The highest BCUT2D eigenvalue weighted by Crippen LogP contribution is 2.27. The zero-order chi connectivity index (χ0) is 27.2. The van der Waals surface area contributed by atoms with E-state index in [1.807, 2.05) is 105 Å². The summed E-state index contributed by atoms with van der Waals surface area (Å²) in [6.45, 7) is 3.90. The van der Waals surface area contributed by atoms with Crippen molar-refractivity contribution in [1.29, 1.82) is 0 Å². The molecule has 5 aromatic rings. The Labute approximate surface area is 227 Å². The molecule has 39 heavy (non-hydrogen) atoms. The minimum Gasteiger partial charge on any atom is -0.457 e. The fraction of sp³-hybridized carbons (Fsp3) is 0.250. The smallest absolute Gasteiger partial charge is 0.408 e. The summed E-state index contributed by atoms with van der Waals surface area (Å²) in [4.78, 5) is 30.5. The van der Waals surface area contributed by atoms with Crippen molar-refractivity contribution in [2.24, 2.45) is 0 Å². The molecule has 200 valence electrons. The molecule has 0 saturated heterocycles. The molecule has 0 aliphatic rings. The van der Waals surface area contributed by atoms with Crippen LogP contribution in [0.1, 0.15) is 49.6 Å². The molecule has 0 unspecified atom stereocenters. The first-order chi connectivity index (χ1) is 19.0. The second-order valence-electron chi connectivity index (χ2n) is 9.93. The van der Waals surface area contributed by atoms with Crippen LogP contribution in [0.4, 0.5) is 4.79 Å². The fourth-order valence-corrected chi connectivity index (χ4v) is 5.11. The van der Waals surface area contributed by atoms with E-state index < -0.39 is 11.6 Å². The van der Waals surface area contributed by atoms with Crippen LogP contribution >= 0.6 is 0 Å². The van der Waals surface area contributed by atoms with Crippen molar-refractivity contribution in [2.45, 2.75) is 51.3 Å². The average Bonchev–Trinajstić information content (AvgIpc) is 3.56. The maximum atomic E-state index is 14.0. The number of alkyl carbamates (subject to hydrolysis) is 1. The van der Waals surface area contributed by atoms with E-state index in [9.17, 15) is 9.59 Å². The number of H-pyrrole nitrogens is 1. The van der Waals surface area contributed by atoms with Crippen LogP contribution in [0.15, 0.2) is 95.5 Å². The summed E-state index contributed by atoms with van der Waals surface area (Å²) in [5, 5.41) is 8.06. The van der Waals surface area contributed by atoms with E-state index in [0.717, 1.165) is 33.0 Å². The number of rotatable bonds is 10. The summed E-state index contributed by atoms with van der Waals surface area (Å²) in [5.74, 6) is 0.276. The summed E-state index contributed by atoms with van der Waals surface area (Å²) in [6, 6.07) is 26.9. The van der Waals surface area contributed by atoms with Gasteiger partial charge in [-0.15, -0.1) is 0 Å². The number of aromatic nitrogens is 1. The number of aromatic amines is 1. The lowest BCUT2D eigenvalue weighted by atomic mass is 9.85. The molecule has 2 heterocycles. The Morgan fingerprint density at radius 3 is 2.54 bits per heavy atom. The SMILES string of the molecule is CCC[C@](Cc1c[nH]c2ccccc12)(NC(=O)OCc1cc2ccccc2o1)C(=O)N[C@@H](C)c1ccccc1. The van der Waals surface area contributed by atoms with Gasteiger partial charge in [0.2, 0.25) is 5.91 Å². The lowest BCUT2D eigenvalue weighted by Crippen LogP contribution is -2.60. The summed E-state index contributed by atoms with van der Waals surface area (Å²) < 4.78 is 11.4. The van der Waals surface area contributed by atoms with Crippen molar-refractivity contribution < 1.29 is 18.7 Å². The van der Waals surface area contributed by atoms with Gasteiger partial charge in [0.1, 0.15) is 16.9 Å². The first-order valence-electron chi connectivity index (χ1n) is 13.3. The third kappa shape index (κ3) is 5.82. The number of benzene rings is 3. The van der Waals surface area contributed by atoms with E-state index in [0.29, 0.717) is 25.0 Å². The minimum atomic E-state index is -1.23. The van der Waals surface area contributed by atoms with Crippen LogP contribution in [0.3, 0.4) is 0 Å². The van der Waals surface area contributed by atoms with Crippen molar-refractivity contribution >= 4 is 33.9 Å². The van der Waals surface area contributed by atoms with Gasteiger partial charge >= 0.3 is 6.09 Å². The quantitative estimate of drug-likeness (QED) is 0.188. The highest BCUT2D eigenvalue weighted by molar-refractivity contribution is 5.92. The number of fused-ring (bicyclic) bond motifs is 2. The summed E-state index contributed by atoms with van der Waals surface area (Å²) >= 11 is 0. The number of hydrogen-bond donors (Lipinski definition) is 3. The topological polar surface area (TPSA) is 96.4 Å². The molecule has 2 amide bonds. The molecule has 7 heteroatoms. The van der Waals surface area contributed by atoms with Crippen LogP contribution in [0.2, 0.25) is 0 Å². The molecule has 0 saturated carbocycles. The van der Waals surface area contributed by atoms with Crippen LogP contribution in [-0.4, -0.2) is 22.5 Å². The lowest BCUT2D eigenvalue weighted by molar-refractivity contribution is -0.128. The molecule has 0 aliphatic carbocycles. The Hall–Kier alpha value is -4.52. The Morgan fingerprint density at radius 2 is 1.74 bits per heavy atom. The monoisotopic (exact) mass is 523 g/mol. The van der Waals surface area contributed by atoms with Crippen LogP contribution in [0, 0.1) is 0 Å². The second-order valence-corrected chi connectivity index (χ2v) is 9.93. The molecule has 0 spiro atoms. The Bertz CT molecular complexity index is 1540. The number of amides is 2. The first kappa shape index (κ1) is 26.1. The molecule has 0 radical (unpaired) electrons. The van der Waals surface area contributed by atoms with E-state index >= 15 is 0 Å². The van der Waals surface area contributed by atoms with E-state index in [2.05, 4.69) is 15.6 Å². The number of carbonyl (C=O) groups is 2. The molecule has 3 aromatic carbocycles. The number of ether oxygens (including phenoxy) is 1. The maximum Gasteiger partial charge on any atom is 0.408 e.